The van der Waals surface area contributed by atoms with E-state index in [0.29, 0.717) is 44.2 Å². The van der Waals surface area contributed by atoms with Gasteiger partial charge in [-0.2, -0.15) is 0 Å². The van der Waals surface area contributed by atoms with Crippen LogP contribution < -0.4 is 4.74 Å². The average molecular weight is 418 g/mol. The highest BCUT2D eigenvalue weighted by atomic mass is 16.5. The summed E-state index contributed by atoms with van der Waals surface area (Å²) < 4.78 is 17.5. The van der Waals surface area contributed by atoms with Gasteiger partial charge in [0.05, 0.1) is 26.9 Å². The fourth-order valence-electron chi connectivity index (χ4n) is 3.01. The second kappa shape index (κ2) is 12.0. The Balaban J connectivity index is 2.17. The molecule has 0 aliphatic rings. The van der Waals surface area contributed by atoms with Crippen LogP contribution in [-0.4, -0.2) is 80.4 Å². The number of hydrogen-bond acceptors (Lipinski definition) is 5. The number of ether oxygens (including phenoxy) is 3. The second-order valence-corrected chi connectivity index (χ2v) is 6.87. The Kier molecular flexibility index (Phi) is 9.37. The topological polar surface area (TPSA) is 73.2 Å². The molecule has 0 bridgehead atoms. The lowest BCUT2D eigenvalue weighted by Crippen LogP contribution is -2.45. The maximum Gasteiger partial charge on any atom is 0.254 e. The zero-order chi connectivity index (χ0) is 21.9. The number of nitrogens with zero attached hydrogens (tertiary/aromatic N) is 3. The van der Waals surface area contributed by atoms with Crippen molar-refractivity contribution < 1.29 is 23.8 Å². The number of amides is 2. The lowest BCUT2D eigenvalue weighted by atomic mass is 10.2. The predicted octanol–water partition coefficient (Wildman–Crippen LogP) is 1.80. The molecule has 2 rings (SSSR count). The van der Waals surface area contributed by atoms with E-state index in [1.807, 2.05) is 29.9 Å². The van der Waals surface area contributed by atoms with Gasteiger partial charge in [-0.25, -0.2) is 0 Å². The van der Waals surface area contributed by atoms with Crippen LogP contribution in [0.15, 0.2) is 42.6 Å². The van der Waals surface area contributed by atoms with Crippen molar-refractivity contribution >= 4 is 11.8 Å². The molecule has 8 heteroatoms. The molecule has 2 aromatic rings. The van der Waals surface area contributed by atoms with Crippen molar-refractivity contribution in [3.05, 3.63) is 53.9 Å². The fourth-order valence-corrected chi connectivity index (χ4v) is 3.01. The van der Waals surface area contributed by atoms with Gasteiger partial charge in [-0.3, -0.25) is 9.59 Å². The Morgan fingerprint density at radius 3 is 2.27 bits per heavy atom. The highest BCUT2D eigenvalue weighted by molar-refractivity contribution is 5.96. The van der Waals surface area contributed by atoms with Crippen LogP contribution in [0.25, 0.3) is 0 Å². The molecule has 0 aliphatic heterocycles. The molecule has 8 nitrogen and oxygen atoms in total. The second-order valence-electron chi connectivity index (χ2n) is 6.87. The fraction of sp³-hybridized carbons (Fsp3) is 0.455. The molecule has 0 fully saturated rings. The normalized spacial score (nSPS) is 10.7. The number of carbonyl (C=O) groups is 2. The third kappa shape index (κ3) is 6.60. The maximum atomic E-state index is 13.1. The molecule has 1 aromatic carbocycles. The van der Waals surface area contributed by atoms with Crippen LogP contribution in [0.4, 0.5) is 0 Å². The number of aromatic nitrogens is 1. The van der Waals surface area contributed by atoms with Gasteiger partial charge in [-0.1, -0.05) is 6.07 Å². The van der Waals surface area contributed by atoms with Crippen LogP contribution in [-0.2, 0) is 27.9 Å². The van der Waals surface area contributed by atoms with E-state index in [0.717, 1.165) is 5.69 Å². The van der Waals surface area contributed by atoms with Crippen LogP contribution in [0.5, 0.6) is 5.75 Å². The summed E-state index contributed by atoms with van der Waals surface area (Å²) in [6.45, 7) is 1.88. The highest BCUT2D eigenvalue weighted by Crippen LogP contribution is 2.15. The molecule has 0 atom stereocenters. The monoisotopic (exact) mass is 417 g/mol. The van der Waals surface area contributed by atoms with Crippen molar-refractivity contribution in [3.63, 3.8) is 0 Å². The minimum Gasteiger partial charge on any atom is -0.497 e. The van der Waals surface area contributed by atoms with E-state index >= 15 is 0 Å². The van der Waals surface area contributed by atoms with Gasteiger partial charge in [0.1, 0.15) is 12.3 Å². The molecule has 2 amide bonds. The van der Waals surface area contributed by atoms with Crippen LogP contribution in [0.2, 0.25) is 0 Å². The third-order valence-corrected chi connectivity index (χ3v) is 4.82. The molecular formula is C22H31N3O5. The van der Waals surface area contributed by atoms with E-state index in [1.165, 1.54) is 4.90 Å². The highest BCUT2D eigenvalue weighted by Gasteiger charge is 2.23. The minimum atomic E-state index is -0.246. The zero-order valence-corrected chi connectivity index (χ0v) is 18.2. The molecule has 0 aliphatic carbocycles. The molecule has 1 heterocycles. The summed E-state index contributed by atoms with van der Waals surface area (Å²) in [6, 6.07) is 10.8. The van der Waals surface area contributed by atoms with Crippen molar-refractivity contribution in [2.45, 2.75) is 6.54 Å². The Morgan fingerprint density at radius 1 is 0.967 bits per heavy atom. The summed E-state index contributed by atoms with van der Waals surface area (Å²) >= 11 is 0. The first-order chi connectivity index (χ1) is 14.5. The average Bonchev–Trinajstić information content (AvgIpc) is 3.17. The van der Waals surface area contributed by atoms with E-state index in [-0.39, 0.29) is 18.4 Å². The molecule has 0 N–H and O–H groups in total. The number of aryl methyl sites for hydroxylation is 1. The van der Waals surface area contributed by atoms with E-state index in [1.54, 1.807) is 50.5 Å². The van der Waals surface area contributed by atoms with E-state index in [9.17, 15) is 9.59 Å². The number of hydrogen-bond donors (Lipinski definition) is 0. The molecule has 1 aromatic heterocycles. The van der Waals surface area contributed by atoms with Gasteiger partial charge in [0.25, 0.3) is 5.91 Å². The van der Waals surface area contributed by atoms with Crippen molar-refractivity contribution in [2.24, 2.45) is 7.05 Å². The smallest absolute Gasteiger partial charge is 0.254 e. The summed E-state index contributed by atoms with van der Waals surface area (Å²) in [6.07, 6.45) is 1.94. The third-order valence-electron chi connectivity index (χ3n) is 4.82. The van der Waals surface area contributed by atoms with E-state index in [4.69, 9.17) is 14.2 Å². The minimum absolute atomic E-state index is 0.0481. The summed E-state index contributed by atoms with van der Waals surface area (Å²) in [5.41, 5.74) is 1.46. The number of benzene rings is 1. The Morgan fingerprint density at radius 2 is 1.67 bits per heavy atom. The molecular weight excluding hydrogens is 386 g/mol. The molecule has 0 unspecified atom stereocenters. The lowest BCUT2D eigenvalue weighted by molar-refractivity contribution is -0.133. The lowest BCUT2D eigenvalue weighted by Gasteiger charge is -2.28. The number of methoxy groups -OCH3 is 3. The maximum absolute atomic E-state index is 13.1. The standard InChI is InChI=1S/C22H31N3O5/c1-23-10-6-8-19(23)16-24(11-13-28-2)21(26)17-25(12-14-29-3)22(27)18-7-5-9-20(15-18)30-4/h5-10,15H,11-14,16-17H2,1-4H3. The van der Waals surface area contributed by atoms with Crippen LogP contribution in [0.1, 0.15) is 16.1 Å². The van der Waals surface area contributed by atoms with Crippen molar-refractivity contribution in [1.82, 2.24) is 14.4 Å². The Bertz CT molecular complexity index is 821. The van der Waals surface area contributed by atoms with Crippen LogP contribution >= 0.6 is 0 Å². The van der Waals surface area contributed by atoms with Gasteiger partial charge in [-0.15, -0.1) is 0 Å². The van der Waals surface area contributed by atoms with E-state index < -0.39 is 0 Å². The van der Waals surface area contributed by atoms with E-state index in [2.05, 4.69) is 0 Å². The number of rotatable bonds is 12. The quantitative estimate of drug-likeness (QED) is 0.527. The van der Waals surface area contributed by atoms with Gasteiger partial charge < -0.3 is 28.6 Å². The Hall–Kier alpha value is -2.84. The molecule has 0 spiro atoms. The first-order valence-electron chi connectivity index (χ1n) is 9.79. The molecule has 30 heavy (non-hydrogen) atoms. The number of carbonyl (C=O) groups excluding carboxylic acids is 2. The molecule has 0 radical (unpaired) electrons. The first kappa shape index (κ1) is 23.4. The largest absolute Gasteiger partial charge is 0.497 e. The van der Waals surface area contributed by atoms with Gasteiger partial charge >= 0.3 is 0 Å². The first-order valence-corrected chi connectivity index (χ1v) is 9.79. The van der Waals surface area contributed by atoms with Gasteiger partial charge in [-0.05, 0) is 30.3 Å². The molecule has 164 valence electrons. The summed E-state index contributed by atoms with van der Waals surface area (Å²) in [4.78, 5) is 29.4. The SMILES string of the molecule is COCCN(Cc1cccn1C)C(=O)CN(CCOC)C(=O)c1cccc(OC)c1. The van der Waals surface area contributed by atoms with Gasteiger partial charge in [0.15, 0.2) is 0 Å². The van der Waals surface area contributed by atoms with Gasteiger partial charge in [0, 0.05) is 51.8 Å². The van der Waals surface area contributed by atoms with Gasteiger partial charge in [0.2, 0.25) is 5.91 Å². The molecule has 0 saturated carbocycles. The Labute approximate surface area is 177 Å². The molecule has 0 saturated heterocycles. The predicted molar refractivity (Wildman–Crippen MR) is 113 cm³/mol. The summed E-state index contributed by atoms with van der Waals surface area (Å²) in [7, 11) is 6.65. The van der Waals surface area contributed by atoms with Crippen molar-refractivity contribution in [1.29, 1.82) is 0 Å². The zero-order valence-electron chi connectivity index (χ0n) is 18.2. The summed E-state index contributed by atoms with van der Waals surface area (Å²) in [5, 5.41) is 0. The van der Waals surface area contributed by atoms with Crippen LogP contribution in [0.3, 0.4) is 0 Å². The summed E-state index contributed by atoms with van der Waals surface area (Å²) in [5.74, 6) is 0.190. The van der Waals surface area contributed by atoms with Crippen molar-refractivity contribution in [2.75, 3.05) is 54.2 Å². The van der Waals surface area contributed by atoms with Crippen molar-refractivity contribution in [3.8, 4) is 5.75 Å². The van der Waals surface area contributed by atoms with Crippen LogP contribution in [0, 0.1) is 0 Å².